The molecule has 4 heterocycles. The standard InChI is InChI=1S/C32H32FN5O6/c1-14-7-32(14)19-5-22-28-17(10-38(22)29(41)18(19)11-44-30(32)42)27-26-16(15(2)20(33)6-21(26)36-28)3-4-31(27)8-23(31)37-25(40)12-43-13-35-24(39)9-34/h5-6,14,23H,3-4,7-13,34H2,1-2H3,(H,35,39)(H,37,40). The maximum Gasteiger partial charge on any atom is 0.317 e. The van der Waals surface area contributed by atoms with Crippen LogP contribution in [0.15, 0.2) is 16.9 Å². The minimum absolute atomic E-state index is 0.0507. The van der Waals surface area contributed by atoms with E-state index in [-0.39, 0.29) is 67.6 Å². The van der Waals surface area contributed by atoms with Gasteiger partial charge in [-0.2, -0.15) is 0 Å². The fourth-order valence-electron chi connectivity index (χ4n) is 8.14. The first-order valence-corrected chi connectivity index (χ1v) is 15.0. The highest BCUT2D eigenvalue weighted by Crippen LogP contribution is 2.61. The summed E-state index contributed by atoms with van der Waals surface area (Å²) in [6.07, 6.45) is 2.67. The summed E-state index contributed by atoms with van der Waals surface area (Å²) in [5.41, 5.74) is 10.3. The number of amides is 2. The minimum atomic E-state index is -0.797. The van der Waals surface area contributed by atoms with Crippen molar-refractivity contribution in [2.45, 2.75) is 69.6 Å². The molecule has 0 saturated heterocycles. The van der Waals surface area contributed by atoms with Crippen molar-refractivity contribution in [1.29, 1.82) is 0 Å². The van der Waals surface area contributed by atoms with Gasteiger partial charge in [-0.3, -0.25) is 19.2 Å². The molecule has 1 aromatic carbocycles. The number of ether oxygens (including phenoxy) is 2. The Morgan fingerprint density at radius 1 is 1.20 bits per heavy atom. The van der Waals surface area contributed by atoms with Gasteiger partial charge in [0.15, 0.2) is 0 Å². The average Bonchev–Trinajstić information content (AvgIpc) is 3.83. The van der Waals surface area contributed by atoms with E-state index in [4.69, 9.17) is 20.2 Å². The number of benzene rings is 1. The number of cyclic esters (lactones) is 1. The third-order valence-corrected chi connectivity index (χ3v) is 10.7. The van der Waals surface area contributed by atoms with E-state index in [1.807, 2.05) is 13.0 Å². The quantitative estimate of drug-likeness (QED) is 0.170. The third-order valence-electron chi connectivity index (χ3n) is 10.7. The molecule has 4 atom stereocenters. The molecule has 3 aliphatic carbocycles. The number of rotatable bonds is 6. The number of carbonyl (C=O) groups is 3. The third kappa shape index (κ3) is 3.58. The van der Waals surface area contributed by atoms with E-state index in [0.717, 1.165) is 27.6 Å². The first-order valence-electron chi connectivity index (χ1n) is 15.0. The molecule has 0 radical (unpaired) electrons. The second kappa shape index (κ2) is 9.18. The van der Waals surface area contributed by atoms with Gasteiger partial charge < -0.3 is 30.4 Å². The summed E-state index contributed by atoms with van der Waals surface area (Å²) >= 11 is 0. The minimum Gasteiger partial charge on any atom is -0.460 e. The second-order valence-corrected chi connectivity index (χ2v) is 12.9. The van der Waals surface area contributed by atoms with E-state index >= 15 is 4.39 Å². The first-order chi connectivity index (χ1) is 21.1. The van der Waals surface area contributed by atoms with Gasteiger partial charge in [-0.25, -0.2) is 9.37 Å². The molecule has 2 amide bonds. The number of fused-ring (bicyclic) bond motifs is 7. The number of carbonyl (C=O) groups excluding carboxylic acids is 3. The van der Waals surface area contributed by atoms with Crippen LogP contribution in [0.1, 0.15) is 59.6 Å². The number of aryl methyl sites for hydroxylation is 1. The number of nitrogens with one attached hydrogen (secondary N) is 2. The Morgan fingerprint density at radius 3 is 2.75 bits per heavy atom. The number of aromatic nitrogens is 2. The van der Waals surface area contributed by atoms with Gasteiger partial charge in [-0.05, 0) is 66.8 Å². The van der Waals surface area contributed by atoms with Crippen LogP contribution in [0.5, 0.6) is 0 Å². The number of esters is 1. The molecular formula is C32H32FN5O6. The summed E-state index contributed by atoms with van der Waals surface area (Å²) in [6, 6.07) is 3.23. The van der Waals surface area contributed by atoms with Gasteiger partial charge in [0.2, 0.25) is 11.8 Å². The number of halogens is 1. The summed E-state index contributed by atoms with van der Waals surface area (Å²) in [7, 11) is 0. The molecule has 5 aliphatic rings. The van der Waals surface area contributed by atoms with Gasteiger partial charge in [0, 0.05) is 28.5 Å². The molecule has 8 rings (SSSR count). The molecule has 12 heteroatoms. The molecule has 2 aliphatic heterocycles. The highest BCUT2D eigenvalue weighted by Gasteiger charge is 2.63. The Kier molecular flexibility index (Phi) is 5.71. The van der Waals surface area contributed by atoms with Crippen LogP contribution in [-0.2, 0) is 54.3 Å². The molecule has 3 aromatic rings. The van der Waals surface area contributed by atoms with Crippen molar-refractivity contribution in [3.8, 4) is 11.4 Å². The fourth-order valence-corrected chi connectivity index (χ4v) is 8.14. The summed E-state index contributed by atoms with van der Waals surface area (Å²) in [4.78, 5) is 56.0. The Labute approximate surface area is 251 Å². The molecule has 4 unspecified atom stereocenters. The SMILES string of the molecule is Cc1c(F)cc2nc3c(c4c2c1CCC41CC1NC(=O)COCNC(=O)CN)Cn1c-3cc2c(c1=O)COC(=O)C21CC1C. The van der Waals surface area contributed by atoms with Crippen LogP contribution in [-0.4, -0.2) is 53.3 Å². The lowest BCUT2D eigenvalue weighted by molar-refractivity contribution is -0.150. The Morgan fingerprint density at radius 2 is 2.00 bits per heavy atom. The van der Waals surface area contributed by atoms with Crippen molar-refractivity contribution in [1.82, 2.24) is 20.2 Å². The highest BCUT2D eigenvalue weighted by molar-refractivity contribution is 5.95. The molecule has 2 fully saturated rings. The van der Waals surface area contributed by atoms with E-state index in [1.165, 1.54) is 6.07 Å². The van der Waals surface area contributed by atoms with Gasteiger partial charge in [0.25, 0.3) is 5.56 Å². The average molecular weight is 602 g/mol. The molecule has 2 spiro atoms. The predicted octanol–water partition coefficient (Wildman–Crippen LogP) is 1.33. The zero-order valence-electron chi connectivity index (χ0n) is 24.5. The van der Waals surface area contributed by atoms with Crippen LogP contribution in [0, 0.1) is 18.7 Å². The number of pyridine rings is 2. The van der Waals surface area contributed by atoms with Crippen molar-refractivity contribution in [3.05, 3.63) is 61.7 Å². The van der Waals surface area contributed by atoms with Gasteiger partial charge in [-0.15, -0.1) is 0 Å². The fraction of sp³-hybridized carbons (Fsp3) is 0.469. The topological polar surface area (TPSA) is 155 Å². The number of nitrogens with two attached hydrogens (primary N) is 1. The van der Waals surface area contributed by atoms with Crippen molar-refractivity contribution in [2.24, 2.45) is 11.7 Å². The van der Waals surface area contributed by atoms with E-state index in [2.05, 4.69) is 10.6 Å². The van der Waals surface area contributed by atoms with Crippen molar-refractivity contribution < 1.29 is 28.2 Å². The van der Waals surface area contributed by atoms with Crippen LogP contribution in [0.25, 0.3) is 22.3 Å². The maximum absolute atomic E-state index is 15.2. The monoisotopic (exact) mass is 601 g/mol. The van der Waals surface area contributed by atoms with Gasteiger partial charge in [0.1, 0.15) is 25.8 Å². The predicted molar refractivity (Wildman–Crippen MR) is 155 cm³/mol. The van der Waals surface area contributed by atoms with Crippen molar-refractivity contribution >= 4 is 28.7 Å². The molecule has 11 nitrogen and oxygen atoms in total. The molecule has 0 bridgehead atoms. The highest BCUT2D eigenvalue weighted by atomic mass is 19.1. The lowest BCUT2D eigenvalue weighted by atomic mass is 9.75. The maximum atomic E-state index is 15.2. The summed E-state index contributed by atoms with van der Waals surface area (Å²) in [6.45, 7) is 3.51. The van der Waals surface area contributed by atoms with Crippen LogP contribution in [0.4, 0.5) is 4.39 Å². The summed E-state index contributed by atoms with van der Waals surface area (Å²) < 4.78 is 27.7. The second-order valence-electron chi connectivity index (χ2n) is 12.9. The molecule has 228 valence electrons. The number of nitrogens with zero attached hydrogens (tertiary/aromatic N) is 2. The molecule has 44 heavy (non-hydrogen) atoms. The van der Waals surface area contributed by atoms with E-state index in [9.17, 15) is 19.2 Å². The van der Waals surface area contributed by atoms with E-state index in [0.29, 0.717) is 60.3 Å². The van der Waals surface area contributed by atoms with E-state index < -0.39 is 10.8 Å². The Balaban J connectivity index is 1.21. The zero-order valence-corrected chi connectivity index (χ0v) is 24.5. The lowest BCUT2D eigenvalue weighted by Crippen LogP contribution is -2.38. The summed E-state index contributed by atoms with van der Waals surface area (Å²) in [5.74, 6) is -1.22. The normalized spacial score (nSPS) is 26.7. The van der Waals surface area contributed by atoms with Crippen molar-refractivity contribution in [2.75, 3.05) is 19.9 Å². The number of hydrogen-bond donors (Lipinski definition) is 3. The van der Waals surface area contributed by atoms with Gasteiger partial charge in [-0.1, -0.05) is 6.92 Å². The van der Waals surface area contributed by atoms with Crippen LogP contribution in [0.3, 0.4) is 0 Å². The molecule has 4 N–H and O–H groups in total. The molecular weight excluding hydrogens is 569 g/mol. The smallest absolute Gasteiger partial charge is 0.317 e. The Bertz CT molecular complexity index is 1920. The van der Waals surface area contributed by atoms with Gasteiger partial charge >= 0.3 is 5.97 Å². The number of hydrogen-bond acceptors (Lipinski definition) is 8. The summed E-state index contributed by atoms with van der Waals surface area (Å²) in [5, 5.41) is 6.47. The zero-order chi connectivity index (χ0) is 30.7. The Hall–Kier alpha value is -4.16. The van der Waals surface area contributed by atoms with Crippen LogP contribution in [0.2, 0.25) is 0 Å². The molecule has 2 aromatic heterocycles. The lowest BCUT2D eigenvalue weighted by Gasteiger charge is -2.30. The van der Waals surface area contributed by atoms with Gasteiger partial charge in [0.05, 0.1) is 41.0 Å². The van der Waals surface area contributed by atoms with Crippen LogP contribution < -0.4 is 21.9 Å². The van der Waals surface area contributed by atoms with E-state index in [1.54, 1.807) is 11.5 Å². The van der Waals surface area contributed by atoms with Crippen LogP contribution >= 0.6 is 0 Å². The molecule has 2 saturated carbocycles. The van der Waals surface area contributed by atoms with Crippen molar-refractivity contribution in [3.63, 3.8) is 0 Å². The largest absolute Gasteiger partial charge is 0.460 e. The first kappa shape index (κ1) is 27.4.